The first-order valence-electron chi connectivity index (χ1n) is 5.24. The molecule has 0 saturated carbocycles. The molecule has 0 saturated heterocycles. The van der Waals surface area contributed by atoms with Crippen LogP contribution in [0.5, 0.6) is 0 Å². The van der Waals surface area contributed by atoms with Gasteiger partial charge in [-0.05, 0) is 54.5 Å². The Morgan fingerprint density at radius 2 is 1.73 bits per heavy atom. The van der Waals surface area contributed by atoms with E-state index < -0.39 is 0 Å². The van der Waals surface area contributed by atoms with Gasteiger partial charge in [0.05, 0.1) is 0 Å². The number of hydrogen-bond donors (Lipinski definition) is 0. The molecular formula is C13H13FO. The number of rotatable bonds is 2. The van der Waals surface area contributed by atoms with E-state index in [9.17, 15) is 9.18 Å². The SMILES string of the molecule is O=CC1=C(c2ccc(F)cc2)CCCC1. The van der Waals surface area contributed by atoms with Gasteiger partial charge in [-0.15, -0.1) is 0 Å². The fraction of sp³-hybridized carbons (Fsp3) is 0.308. The summed E-state index contributed by atoms with van der Waals surface area (Å²) in [7, 11) is 0. The molecule has 0 unspecified atom stereocenters. The Kier molecular flexibility index (Phi) is 2.95. The first-order valence-corrected chi connectivity index (χ1v) is 5.24. The van der Waals surface area contributed by atoms with Gasteiger partial charge < -0.3 is 0 Å². The van der Waals surface area contributed by atoms with E-state index in [0.717, 1.165) is 48.7 Å². The van der Waals surface area contributed by atoms with Crippen molar-refractivity contribution in [3.8, 4) is 0 Å². The molecule has 15 heavy (non-hydrogen) atoms. The van der Waals surface area contributed by atoms with Crippen LogP contribution in [-0.4, -0.2) is 6.29 Å². The van der Waals surface area contributed by atoms with Gasteiger partial charge in [-0.2, -0.15) is 0 Å². The lowest BCUT2D eigenvalue weighted by atomic mass is 9.88. The molecule has 0 fully saturated rings. The second kappa shape index (κ2) is 4.39. The summed E-state index contributed by atoms with van der Waals surface area (Å²) >= 11 is 0. The van der Waals surface area contributed by atoms with Crippen LogP contribution in [0.4, 0.5) is 4.39 Å². The summed E-state index contributed by atoms with van der Waals surface area (Å²) < 4.78 is 12.7. The monoisotopic (exact) mass is 204 g/mol. The van der Waals surface area contributed by atoms with Gasteiger partial charge in [0.25, 0.3) is 0 Å². The highest BCUT2D eigenvalue weighted by Crippen LogP contribution is 2.31. The average Bonchev–Trinajstić information content (AvgIpc) is 2.30. The van der Waals surface area contributed by atoms with E-state index in [1.165, 1.54) is 12.1 Å². The zero-order valence-electron chi connectivity index (χ0n) is 8.50. The third kappa shape index (κ3) is 2.14. The topological polar surface area (TPSA) is 17.1 Å². The van der Waals surface area contributed by atoms with Crippen molar-refractivity contribution in [2.45, 2.75) is 25.7 Å². The number of aldehydes is 1. The van der Waals surface area contributed by atoms with Crippen LogP contribution in [0.2, 0.25) is 0 Å². The summed E-state index contributed by atoms with van der Waals surface area (Å²) in [6.45, 7) is 0. The Hall–Kier alpha value is -1.44. The summed E-state index contributed by atoms with van der Waals surface area (Å²) in [6, 6.07) is 6.39. The molecule has 0 aromatic heterocycles. The van der Waals surface area contributed by atoms with Gasteiger partial charge in [0, 0.05) is 0 Å². The van der Waals surface area contributed by atoms with Crippen LogP contribution in [0.1, 0.15) is 31.2 Å². The molecule has 0 bridgehead atoms. The molecule has 2 heteroatoms. The smallest absolute Gasteiger partial charge is 0.146 e. The number of allylic oxidation sites excluding steroid dienone is 2. The summed E-state index contributed by atoms with van der Waals surface area (Å²) in [5, 5.41) is 0. The van der Waals surface area contributed by atoms with E-state index >= 15 is 0 Å². The predicted molar refractivity (Wildman–Crippen MR) is 57.9 cm³/mol. The van der Waals surface area contributed by atoms with Gasteiger partial charge in [-0.3, -0.25) is 4.79 Å². The van der Waals surface area contributed by atoms with Crippen LogP contribution in [0.3, 0.4) is 0 Å². The summed E-state index contributed by atoms with van der Waals surface area (Å²) in [5.41, 5.74) is 2.96. The number of halogens is 1. The maximum Gasteiger partial charge on any atom is 0.146 e. The Balaban J connectivity index is 2.39. The molecule has 0 amide bonds. The number of benzene rings is 1. The van der Waals surface area contributed by atoms with Gasteiger partial charge >= 0.3 is 0 Å². The standard InChI is InChI=1S/C13H13FO/c14-12-7-5-10(6-8-12)13-4-2-1-3-11(13)9-15/h5-9H,1-4H2. The minimum Gasteiger partial charge on any atom is -0.298 e. The lowest BCUT2D eigenvalue weighted by molar-refractivity contribution is -0.105. The van der Waals surface area contributed by atoms with Crippen LogP contribution in [0, 0.1) is 5.82 Å². The van der Waals surface area contributed by atoms with Crippen LogP contribution >= 0.6 is 0 Å². The van der Waals surface area contributed by atoms with Crippen molar-refractivity contribution in [3.05, 3.63) is 41.2 Å². The highest BCUT2D eigenvalue weighted by molar-refractivity contribution is 5.88. The average molecular weight is 204 g/mol. The van der Waals surface area contributed by atoms with E-state index in [0.29, 0.717) is 0 Å². The molecule has 78 valence electrons. The fourth-order valence-corrected chi connectivity index (χ4v) is 2.04. The highest BCUT2D eigenvalue weighted by atomic mass is 19.1. The fourth-order valence-electron chi connectivity index (χ4n) is 2.04. The molecule has 0 spiro atoms. The van der Waals surface area contributed by atoms with Crippen molar-refractivity contribution in [2.24, 2.45) is 0 Å². The summed E-state index contributed by atoms with van der Waals surface area (Å²) in [5.74, 6) is -0.234. The molecule has 1 aromatic carbocycles. The van der Waals surface area contributed by atoms with Crippen molar-refractivity contribution < 1.29 is 9.18 Å². The van der Waals surface area contributed by atoms with Crippen molar-refractivity contribution in [1.29, 1.82) is 0 Å². The molecule has 1 aliphatic rings. The van der Waals surface area contributed by atoms with Crippen molar-refractivity contribution >= 4 is 11.9 Å². The minimum atomic E-state index is -0.234. The third-order valence-corrected chi connectivity index (χ3v) is 2.85. The van der Waals surface area contributed by atoms with Gasteiger partial charge in [0.1, 0.15) is 12.1 Å². The second-order valence-corrected chi connectivity index (χ2v) is 3.84. The Morgan fingerprint density at radius 3 is 2.40 bits per heavy atom. The number of carbonyl (C=O) groups excluding carboxylic acids is 1. The Bertz CT molecular complexity index is 390. The van der Waals surface area contributed by atoms with Crippen LogP contribution < -0.4 is 0 Å². The van der Waals surface area contributed by atoms with Gasteiger partial charge in [-0.1, -0.05) is 12.1 Å². The van der Waals surface area contributed by atoms with Gasteiger partial charge in [0.2, 0.25) is 0 Å². The van der Waals surface area contributed by atoms with Crippen molar-refractivity contribution in [1.82, 2.24) is 0 Å². The molecule has 0 aliphatic heterocycles. The summed E-state index contributed by atoms with van der Waals surface area (Å²) in [4.78, 5) is 10.9. The van der Waals surface area contributed by atoms with E-state index in [4.69, 9.17) is 0 Å². The molecule has 0 atom stereocenters. The van der Waals surface area contributed by atoms with E-state index in [-0.39, 0.29) is 5.82 Å². The predicted octanol–water partition coefficient (Wildman–Crippen LogP) is 3.35. The van der Waals surface area contributed by atoms with Crippen LogP contribution in [-0.2, 0) is 4.79 Å². The normalized spacial score (nSPS) is 16.6. The first kappa shape index (κ1) is 10.1. The van der Waals surface area contributed by atoms with Crippen molar-refractivity contribution in [3.63, 3.8) is 0 Å². The Labute approximate surface area is 88.6 Å². The first-order chi connectivity index (χ1) is 7.31. The molecule has 0 N–H and O–H groups in total. The zero-order chi connectivity index (χ0) is 10.7. The minimum absolute atomic E-state index is 0.234. The molecule has 2 rings (SSSR count). The molecule has 0 radical (unpaired) electrons. The summed E-state index contributed by atoms with van der Waals surface area (Å²) in [6.07, 6.45) is 4.93. The zero-order valence-corrected chi connectivity index (χ0v) is 8.50. The van der Waals surface area contributed by atoms with Crippen LogP contribution in [0.15, 0.2) is 29.8 Å². The maximum atomic E-state index is 12.7. The lowest BCUT2D eigenvalue weighted by Crippen LogP contribution is -2.00. The van der Waals surface area contributed by atoms with E-state index in [1.807, 2.05) is 0 Å². The molecule has 1 aliphatic carbocycles. The van der Waals surface area contributed by atoms with Gasteiger partial charge in [-0.25, -0.2) is 4.39 Å². The second-order valence-electron chi connectivity index (χ2n) is 3.84. The van der Waals surface area contributed by atoms with Crippen LogP contribution in [0.25, 0.3) is 5.57 Å². The van der Waals surface area contributed by atoms with Gasteiger partial charge in [0.15, 0.2) is 0 Å². The van der Waals surface area contributed by atoms with E-state index in [2.05, 4.69) is 0 Å². The van der Waals surface area contributed by atoms with Crippen molar-refractivity contribution in [2.75, 3.05) is 0 Å². The maximum absolute atomic E-state index is 12.7. The third-order valence-electron chi connectivity index (χ3n) is 2.85. The number of hydrogen-bond acceptors (Lipinski definition) is 1. The van der Waals surface area contributed by atoms with E-state index in [1.54, 1.807) is 12.1 Å². The molecular weight excluding hydrogens is 191 g/mol. The molecule has 1 nitrogen and oxygen atoms in total. The molecule has 1 aromatic rings. The molecule has 0 heterocycles. The highest BCUT2D eigenvalue weighted by Gasteiger charge is 2.13. The lowest BCUT2D eigenvalue weighted by Gasteiger charge is -2.16. The quantitative estimate of drug-likeness (QED) is 0.675. The largest absolute Gasteiger partial charge is 0.298 e. The Morgan fingerprint density at radius 1 is 1.07 bits per heavy atom. The number of carbonyl (C=O) groups is 1.